The Kier molecular flexibility index (Phi) is 11.3. The van der Waals surface area contributed by atoms with Gasteiger partial charge in [-0.1, -0.05) is 98.3 Å². The average molecular weight is 338 g/mol. The van der Waals surface area contributed by atoms with Gasteiger partial charge in [0.2, 0.25) is 0 Å². The van der Waals surface area contributed by atoms with Gasteiger partial charge in [-0.05, 0) is 38.5 Å². The normalized spacial score (nSPS) is 20.5. The SMILES string of the molecule is CCCCC1(CCCC)CCCCCC(CCCC)(CCCC)N1. The fraction of sp³-hybridized carbons (Fsp3) is 1.00. The first-order valence-corrected chi connectivity index (χ1v) is 11.4. The van der Waals surface area contributed by atoms with Crippen molar-refractivity contribution in [2.75, 3.05) is 0 Å². The molecule has 1 saturated heterocycles. The summed E-state index contributed by atoms with van der Waals surface area (Å²) in [5.74, 6) is 0. The summed E-state index contributed by atoms with van der Waals surface area (Å²) in [6.45, 7) is 9.44. The van der Waals surface area contributed by atoms with Crippen LogP contribution < -0.4 is 5.32 Å². The fourth-order valence-corrected chi connectivity index (χ4v) is 4.85. The molecule has 0 atom stereocenters. The van der Waals surface area contributed by atoms with Crippen LogP contribution in [0.5, 0.6) is 0 Å². The van der Waals surface area contributed by atoms with E-state index < -0.39 is 0 Å². The highest BCUT2D eigenvalue weighted by molar-refractivity contribution is 5.00. The van der Waals surface area contributed by atoms with Gasteiger partial charge in [0.25, 0.3) is 0 Å². The molecule has 0 aromatic carbocycles. The van der Waals surface area contributed by atoms with Gasteiger partial charge in [0.1, 0.15) is 0 Å². The van der Waals surface area contributed by atoms with Gasteiger partial charge in [-0.2, -0.15) is 0 Å². The van der Waals surface area contributed by atoms with Crippen molar-refractivity contribution in [3.05, 3.63) is 0 Å². The zero-order valence-corrected chi connectivity index (χ0v) is 17.5. The summed E-state index contributed by atoms with van der Waals surface area (Å²) >= 11 is 0. The first-order chi connectivity index (χ1) is 11.7. The standard InChI is InChI=1S/C23H47N/c1-5-9-16-22(17-10-6-2)20-14-13-15-21-23(24-22,18-11-7-3)19-12-8-4/h24H,5-21H2,1-4H3. The zero-order valence-electron chi connectivity index (χ0n) is 17.5. The van der Waals surface area contributed by atoms with E-state index in [4.69, 9.17) is 0 Å². The van der Waals surface area contributed by atoms with Crippen LogP contribution in [0.15, 0.2) is 0 Å². The number of rotatable bonds is 12. The van der Waals surface area contributed by atoms with Crippen LogP contribution in [0.25, 0.3) is 0 Å². The highest BCUT2D eigenvalue weighted by Gasteiger charge is 2.39. The lowest BCUT2D eigenvalue weighted by Crippen LogP contribution is -2.59. The number of nitrogens with one attached hydrogen (secondary N) is 1. The van der Waals surface area contributed by atoms with Crippen molar-refractivity contribution in [1.29, 1.82) is 0 Å². The van der Waals surface area contributed by atoms with Gasteiger partial charge in [0.15, 0.2) is 0 Å². The second kappa shape index (κ2) is 12.3. The van der Waals surface area contributed by atoms with Crippen LogP contribution in [0, 0.1) is 0 Å². The monoisotopic (exact) mass is 337 g/mol. The Bertz CT molecular complexity index is 241. The summed E-state index contributed by atoms with van der Waals surface area (Å²) in [6.07, 6.45) is 23.8. The maximum absolute atomic E-state index is 4.42. The Morgan fingerprint density at radius 1 is 0.542 bits per heavy atom. The predicted octanol–water partition coefficient (Wildman–Crippen LogP) is 7.78. The van der Waals surface area contributed by atoms with Crippen molar-refractivity contribution in [2.45, 2.75) is 148 Å². The van der Waals surface area contributed by atoms with E-state index in [0.717, 1.165) is 0 Å². The molecule has 0 aliphatic carbocycles. The molecule has 1 fully saturated rings. The van der Waals surface area contributed by atoms with Crippen molar-refractivity contribution < 1.29 is 0 Å². The van der Waals surface area contributed by atoms with Gasteiger partial charge in [-0.15, -0.1) is 0 Å². The van der Waals surface area contributed by atoms with E-state index in [1.54, 1.807) is 0 Å². The van der Waals surface area contributed by atoms with Crippen LogP contribution in [-0.4, -0.2) is 11.1 Å². The van der Waals surface area contributed by atoms with Gasteiger partial charge >= 0.3 is 0 Å². The van der Waals surface area contributed by atoms with E-state index in [9.17, 15) is 0 Å². The molecule has 1 nitrogen and oxygen atoms in total. The second-order valence-electron chi connectivity index (χ2n) is 8.66. The first kappa shape index (κ1) is 22.0. The minimum atomic E-state index is 0.438. The molecule has 0 bridgehead atoms. The molecule has 1 heterocycles. The lowest BCUT2D eigenvalue weighted by molar-refractivity contribution is 0.114. The third kappa shape index (κ3) is 7.46. The third-order valence-corrected chi connectivity index (χ3v) is 6.38. The highest BCUT2D eigenvalue weighted by atomic mass is 15.1. The fourth-order valence-electron chi connectivity index (χ4n) is 4.85. The van der Waals surface area contributed by atoms with E-state index in [0.29, 0.717) is 11.1 Å². The molecule has 1 aliphatic rings. The predicted molar refractivity (Wildman–Crippen MR) is 110 cm³/mol. The maximum Gasteiger partial charge on any atom is 0.0186 e. The van der Waals surface area contributed by atoms with E-state index >= 15 is 0 Å². The minimum absolute atomic E-state index is 0.438. The quantitative estimate of drug-likeness (QED) is 0.383. The van der Waals surface area contributed by atoms with Gasteiger partial charge < -0.3 is 5.32 Å². The molecule has 0 saturated carbocycles. The lowest BCUT2D eigenvalue weighted by Gasteiger charge is -2.48. The van der Waals surface area contributed by atoms with Crippen molar-refractivity contribution in [2.24, 2.45) is 0 Å². The number of hydrogen-bond donors (Lipinski definition) is 1. The van der Waals surface area contributed by atoms with Gasteiger partial charge in [0.05, 0.1) is 0 Å². The molecular weight excluding hydrogens is 290 g/mol. The van der Waals surface area contributed by atoms with Crippen molar-refractivity contribution >= 4 is 0 Å². The summed E-state index contributed by atoms with van der Waals surface area (Å²) in [7, 11) is 0. The van der Waals surface area contributed by atoms with Crippen LogP contribution in [0.4, 0.5) is 0 Å². The molecule has 144 valence electrons. The summed E-state index contributed by atoms with van der Waals surface area (Å²) in [5, 5.41) is 4.42. The molecule has 0 radical (unpaired) electrons. The van der Waals surface area contributed by atoms with Crippen LogP contribution in [-0.2, 0) is 0 Å². The van der Waals surface area contributed by atoms with E-state index in [-0.39, 0.29) is 0 Å². The maximum atomic E-state index is 4.42. The Labute approximate surface area is 153 Å². The first-order valence-electron chi connectivity index (χ1n) is 11.4. The van der Waals surface area contributed by atoms with Crippen molar-refractivity contribution in [3.8, 4) is 0 Å². The summed E-state index contributed by atoms with van der Waals surface area (Å²) in [5.41, 5.74) is 0.877. The van der Waals surface area contributed by atoms with Gasteiger partial charge in [0, 0.05) is 11.1 Å². The molecule has 0 aromatic rings. The smallest absolute Gasteiger partial charge is 0.0186 e. The Morgan fingerprint density at radius 2 is 0.875 bits per heavy atom. The third-order valence-electron chi connectivity index (χ3n) is 6.38. The van der Waals surface area contributed by atoms with Crippen LogP contribution >= 0.6 is 0 Å². The Balaban J connectivity index is 2.98. The molecule has 1 heteroatoms. The van der Waals surface area contributed by atoms with Crippen molar-refractivity contribution in [1.82, 2.24) is 5.32 Å². The molecule has 24 heavy (non-hydrogen) atoms. The highest BCUT2D eigenvalue weighted by Crippen LogP contribution is 2.38. The molecule has 0 amide bonds. The van der Waals surface area contributed by atoms with Crippen molar-refractivity contribution in [3.63, 3.8) is 0 Å². The molecule has 0 aromatic heterocycles. The van der Waals surface area contributed by atoms with Gasteiger partial charge in [-0.3, -0.25) is 0 Å². The van der Waals surface area contributed by atoms with E-state index in [1.807, 2.05) is 0 Å². The molecular formula is C23H47N. The van der Waals surface area contributed by atoms with Crippen LogP contribution in [0.2, 0.25) is 0 Å². The summed E-state index contributed by atoms with van der Waals surface area (Å²) in [6, 6.07) is 0. The number of unbranched alkanes of at least 4 members (excludes halogenated alkanes) is 4. The molecule has 1 aliphatic heterocycles. The summed E-state index contributed by atoms with van der Waals surface area (Å²) < 4.78 is 0. The van der Waals surface area contributed by atoms with Gasteiger partial charge in [-0.25, -0.2) is 0 Å². The minimum Gasteiger partial charge on any atom is -0.306 e. The molecule has 0 unspecified atom stereocenters. The molecule has 0 spiro atoms. The topological polar surface area (TPSA) is 12.0 Å². The lowest BCUT2D eigenvalue weighted by atomic mass is 9.73. The van der Waals surface area contributed by atoms with Crippen LogP contribution in [0.1, 0.15) is 137 Å². The van der Waals surface area contributed by atoms with E-state index in [2.05, 4.69) is 33.0 Å². The Morgan fingerprint density at radius 3 is 1.17 bits per heavy atom. The zero-order chi connectivity index (χ0) is 17.7. The van der Waals surface area contributed by atoms with E-state index in [1.165, 1.54) is 109 Å². The molecule has 1 rings (SSSR count). The number of hydrogen-bond acceptors (Lipinski definition) is 1. The van der Waals surface area contributed by atoms with Crippen LogP contribution in [0.3, 0.4) is 0 Å². The largest absolute Gasteiger partial charge is 0.306 e. The second-order valence-corrected chi connectivity index (χ2v) is 8.66. The molecule has 1 N–H and O–H groups in total. The average Bonchev–Trinajstić information content (AvgIpc) is 2.58. The Hall–Kier alpha value is -0.0400. The summed E-state index contributed by atoms with van der Waals surface area (Å²) in [4.78, 5) is 0.